The van der Waals surface area contributed by atoms with E-state index in [1.807, 2.05) is 30.1 Å². The first kappa shape index (κ1) is 20.0. The number of amides is 1. The maximum atomic E-state index is 13.6. The number of carbonyl (C=O) groups is 2. The molecule has 0 N–H and O–H groups in total. The Morgan fingerprint density at radius 1 is 1.31 bits per heavy atom. The molecule has 3 aliphatic rings. The molecule has 0 aliphatic carbocycles. The van der Waals surface area contributed by atoms with Crippen LogP contribution in [0.25, 0.3) is 0 Å². The minimum Gasteiger partial charge on any atom is -0.504 e. The van der Waals surface area contributed by atoms with Crippen LogP contribution in [0.4, 0.5) is 5.69 Å². The van der Waals surface area contributed by atoms with Crippen LogP contribution in [0.3, 0.4) is 0 Å². The van der Waals surface area contributed by atoms with Crippen molar-refractivity contribution in [2.24, 2.45) is 11.8 Å². The first-order valence-electron chi connectivity index (χ1n) is 10.4. The molecule has 4 atom stereocenters. The number of fused-ring (bicyclic) bond motifs is 4. The number of methoxy groups -OCH3 is 2. The normalized spacial score (nSPS) is 31.7. The van der Waals surface area contributed by atoms with E-state index in [4.69, 9.17) is 9.47 Å². The zero-order valence-electron chi connectivity index (χ0n) is 17.7. The number of benzene rings is 1. The molecule has 2 saturated heterocycles. The number of nitrogens with zero attached hydrogens (tertiary/aromatic N) is 2. The highest BCUT2D eigenvalue weighted by atomic mass is 16.5. The van der Waals surface area contributed by atoms with Crippen molar-refractivity contribution in [3.8, 4) is 0 Å². The first-order chi connectivity index (χ1) is 14.0. The zero-order chi connectivity index (χ0) is 20.8. The molecule has 0 aromatic heterocycles. The molecule has 1 amide bonds. The van der Waals surface area contributed by atoms with E-state index in [1.54, 1.807) is 7.11 Å². The molecule has 0 bridgehead atoms. The number of hydrogen-bond donors (Lipinski definition) is 0. The van der Waals surface area contributed by atoms with E-state index in [9.17, 15) is 9.59 Å². The largest absolute Gasteiger partial charge is 0.504 e. The summed E-state index contributed by atoms with van der Waals surface area (Å²) in [6.45, 7) is 3.95. The average Bonchev–Trinajstić information content (AvgIpc) is 3.23. The van der Waals surface area contributed by atoms with Gasteiger partial charge in [0, 0.05) is 25.3 Å². The van der Waals surface area contributed by atoms with Gasteiger partial charge in [0.1, 0.15) is 0 Å². The fraction of sp³-hybridized carbons (Fsp3) is 0.565. The van der Waals surface area contributed by atoms with Crippen molar-refractivity contribution in [3.63, 3.8) is 0 Å². The summed E-state index contributed by atoms with van der Waals surface area (Å²) in [5.41, 5.74) is 2.19. The van der Waals surface area contributed by atoms with Gasteiger partial charge in [0.15, 0.2) is 0 Å². The van der Waals surface area contributed by atoms with Crippen LogP contribution in [0.15, 0.2) is 36.1 Å². The Balaban J connectivity index is 1.76. The van der Waals surface area contributed by atoms with Crippen molar-refractivity contribution >= 4 is 17.6 Å². The topological polar surface area (TPSA) is 59.1 Å². The molecule has 6 nitrogen and oxygen atoms in total. The van der Waals surface area contributed by atoms with E-state index >= 15 is 0 Å². The monoisotopic (exact) mass is 398 g/mol. The SMILES string of the molecule is CC[C@H]1CN2CC[C@]3(C(=O)N(C)c4ccccc43)C2C[C@@H]1/C(=C\OC)C(=O)OC. The molecule has 1 spiro atoms. The second kappa shape index (κ2) is 7.48. The van der Waals surface area contributed by atoms with E-state index in [1.165, 1.54) is 13.4 Å². The predicted octanol–water partition coefficient (Wildman–Crippen LogP) is 2.72. The van der Waals surface area contributed by atoms with Crippen molar-refractivity contribution in [3.05, 3.63) is 41.7 Å². The molecular formula is C23H30N2O4. The van der Waals surface area contributed by atoms with Crippen molar-refractivity contribution < 1.29 is 19.1 Å². The third kappa shape index (κ3) is 2.80. The fourth-order valence-electron chi connectivity index (χ4n) is 5.94. The molecule has 0 radical (unpaired) electrons. The number of para-hydroxylation sites is 1. The lowest BCUT2D eigenvalue weighted by Gasteiger charge is -2.45. The number of hydrogen-bond acceptors (Lipinski definition) is 5. The fourth-order valence-corrected chi connectivity index (χ4v) is 5.94. The summed E-state index contributed by atoms with van der Waals surface area (Å²) >= 11 is 0. The van der Waals surface area contributed by atoms with Gasteiger partial charge in [-0.2, -0.15) is 0 Å². The molecule has 1 unspecified atom stereocenters. The van der Waals surface area contributed by atoms with Crippen LogP contribution in [0.1, 0.15) is 31.7 Å². The highest BCUT2D eigenvalue weighted by Gasteiger charge is 2.61. The Labute approximate surface area is 172 Å². The van der Waals surface area contributed by atoms with Gasteiger partial charge in [0.25, 0.3) is 0 Å². The number of esters is 1. The van der Waals surface area contributed by atoms with Crippen LogP contribution in [0, 0.1) is 11.8 Å². The van der Waals surface area contributed by atoms with Gasteiger partial charge in [-0.1, -0.05) is 31.5 Å². The summed E-state index contributed by atoms with van der Waals surface area (Å²) in [5.74, 6) is 0.169. The van der Waals surface area contributed by atoms with Crippen LogP contribution < -0.4 is 4.90 Å². The summed E-state index contributed by atoms with van der Waals surface area (Å²) in [6, 6.07) is 8.22. The van der Waals surface area contributed by atoms with Gasteiger partial charge in [0.05, 0.1) is 31.5 Å². The number of rotatable bonds is 4. The number of carbonyl (C=O) groups excluding carboxylic acids is 2. The molecular weight excluding hydrogens is 368 g/mol. The van der Waals surface area contributed by atoms with Gasteiger partial charge in [0.2, 0.25) is 5.91 Å². The molecule has 0 saturated carbocycles. The van der Waals surface area contributed by atoms with Crippen molar-refractivity contribution in [1.82, 2.24) is 4.90 Å². The average molecular weight is 399 g/mol. The van der Waals surface area contributed by atoms with Gasteiger partial charge in [-0.15, -0.1) is 0 Å². The van der Waals surface area contributed by atoms with E-state index < -0.39 is 5.41 Å². The minimum absolute atomic E-state index is 0.00879. The second-order valence-corrected chi connectivity index (χ2v) is 8.42. The van der Waals surface area contributed by atoms with Crippen LogP contribution in [0.5, 0.6) is 0 Å². The Bertz CT molecular complexity index is 851. The molecule has 3 heterocycles. The Kier molecular flexibility index (Phi) is 5.15. The summed E-state index contributed by atoms with van der Waals surface area (Å²) in [4.78, 5) is 30.4. The highest BCUT2D eigenvalue weighted by Crippen LogP contribution is 2.54. The van der Waals surface area contributed by atoms with Crippen molar-refractivity contribution in [1.29, 1.82) is 0 Å². The maximum Gasteiger partial charge on any atom is 0.337 e. The number of likely N-dealkylation sites (N-methyl/N-ethyl adjacent to an activating group) is 1. The lowest BCUT2D eigenvalue weighted by molar-refractivity contribution is -0.137. The standard InChI is InChI=1S/C23H30N2O4/c1-5-15-13-25-11-10-23(18-8-6-7-9-19(18)24(2)22(23)27)20(25)12-16(15)17(14-28-3)21(26)29-4/h6-9,14-16,20H,5,10-13H2,1-4H3/b17-14+/t15-,16-,20?,23+/m0/s1. The summed E-state index contributed by atoms with van der Waals surface area (Å²) < 4.78 is 10.3. The highest BCUT2D eigenvalue weighted by molar-refractivity contribution is 6.08. The van der Waals surface area contributed by atoms with Gasteiger partial charge >= 0.3 is 5.97 Å². The smallest absolute Gasteiger partial charge is 0.337 e. The zero-order valence-corrected chi connectivity index (χ0v) is 17.7. The van der Waals surface area contributed by atoms with E-state index in [0.717, 1.165) is 43.6 Å². The van der Waals surface area contributed by atoms with Crippen molar-refractivity contribution in [2.45, 2.75) is 37.6 Å². The van der Waals surface area contributed by atoms with Crippen LogP contribution in [-0.2, 0) is 24.5 Å². The van der Waals surface area contributed by atoms with Crippen LogP contribution in [0.2, 0.25) is 0 Å². The van der Waals surface area contributed by atoms with Gasteiger partial charge in [-0.05, 0) is 42.9 Å². The predicted molar refractivity (Wildman–Crippen MR) is 111 cm³/mol. The Hall–Kier alpha value is -2.34. The molecule has 6 heteroatoms. The summed E-state index contributed by atoms with van der Waals surface area (Å²) in [7, 11) is 4.84. The molecule has 156 valence electrons. The Morgan fingerprint density at radius 3 is 2.76 bits per heavy atom. The summed E-state index contributed by atoms with van der Waals surface area (Å²) in [6.07, 6.45) is 4.07. The molecule has 1 aromatic carbocycles. The van der Waals surface area contributed by atoms with Gasteiger partial charge in [-0.25, -0.2) is 4.79 Å². The Morgan fingerprint density at radius 2 is 2.07 bits per heavy atom. The quantitative estimate of drug-likeness (QED) is 0.443. The van der Waals surface area contributed by atoms with E-state index in [2.05, 4.69) is 17.9 Å². The second-order valence-electron chi connectivity index (χ2n) is 8.42. The van der Waals surface area contributed by atoms with Gasteiger partial charge < -0.3 is 14.4 Å². The third-order valence-corrected chi connectivity index (χ3v) is 7.34. The molecule has 2 fully saturated rings. The molecule has 3 aliphatic heterocycles. The van der Waals surface area contributed by atoms with Crippen LogP contribution >= 0.6 is 0 Å². The summed E-state index contributed by atoms with van der Waals surface area (Å²) in [5, 5.41) is 0. The van der Waals surface area contributed by atoms with E-state index in [0.29, 0.717) is 11.5 Å². The van der Waals surface area contributed by atoms with E-state index in [-0.39, 0.29) is 23.8 Å². The molecule has 29 heavy (non-hydrogen) atoms. The number of piperidine rings is 1. The first-order valence-corrected chi connectivity index (χ1v) is 10.4. The minimum atomic E-state index is -0.531. The third-order valence-electron chi connectivity index (χ3n) is 7.34. The van der Waals surface area contributed by atoms with Crippen LogP contribution in [-0.4, -0.2) is 57.2 Å². The number of ether oxygens (including phenoxy) is 2. The molecule has 4 rings (SSSR count). The van der Waals surface area contributed by atoms with Gasteiger partial charge in [-0.3, -0.25) is 9.69 Å². The lowest BCUT2D eigenvalue weighted by atomic mass is 9.67. The maximum absolute atomic E-state index is 13.6. The molecule has 1 aromatic rings. The van der Waals surface area contributed by atoms with Crippen molar-refractivity contribution in [2.75, 3.05) is 39.3 Å². The number of anilines is 1. The lowest BCUT2D eigenvalue weighted by Crippen LogP contribution is -2.54.